The molecule has 4 nitrogen and oxygen atoms in total. The second kappa shape index (κ2) is 3.09. The number of nitrogens with zero attached hydrogens (tertiary/aromatic N) is 2. The molecule has 1 heterocycles. The van der Waals surface area contributed by atoms with Crippen LogP contribution in [-0.4, -0.2) is 24.8 Å². The van der Waals surface area contributed by atoms with Crippen molar-refractivity contribution in [2.45, 2.75) is 6.92 Å². The van der Waals surface area contributed by atoms with Crippen LogP contribution in [0.1, 0.15) is 6.92 Å². The van der Waals surface area contributed by atoms with Crippen LogP contribution in [0.25, 0.3) is 0 Å². The van der Waals surface area contributed by atoms with E-state index in [1.54, 1.807) is 20.2 Å². The number of rotatable bonds is 1. The molecule has 0 amide bonds. The lowest BCUT2D eigenvalue weighted by atomic mass is 10.2. The number of hydrogen-bond acceptors (Lipinski definition) is 4. The summed E-state index contributed by atoms with van der Waals surface area (Å²) in [7, 11) is 1.77. The van der Waals surface area contributed by atoms with Gasteiger partial charge in [0.25, 0.3) is 0 Å². The predicted molar refractivity (Wildman–Crippen MR) is 46.5 cm³/mol. The lowest BCUT2D eigenvalue weighted by Crippen LogP contribution is -2.16. The number of nitrogens with one attached hydrogen (secondary N) is 2. The highest BCUT2D eigenvalue weighted by molar-refractivity contribution is 6.48. The van der Waals surface area contributed by atoms with Crippen molar-refractivity contribution in [3.63, 3.8) is 0 Å². The van der Waals surface area contributed by atoms with Crippen molar-refractivity contribution >= 4 is 17.8 Å². The summed E-state index contributed by atoms with van der Waals surface area (Å²) in [5.41, 5.74) is 1.70. The molecule has 0 radical (unpaired) electrons. The highest BCUT2D eigenvalue weighted by Crippen LogP contribution is 2.03. The van der Waals surface area contributed by atoms with Gasteiger partial charge in [-0.2, -0.15) is 0 Å². The third kappa shape index (κ3) is 1.52. The van der Waals surface area contributed by atoms with Crippen LogP contribution in [0, 0.1) is 5.41 Å². The first-order valence-electron chi connectivity index (χ1n) is 3.29. The monoisotopic (exact) mass is 150 g/mol. The van der Waals surface area contributed by atoms with Gasteiger partial charge >= 0.3 is 0 Å². The van der Waals surface area contributed by atoms with Gasteiger partial charge in [0.05, 0.1) is 5.71 Å². The lowest BCUT2D eigenvalue weighted by molar-refractivity contribution is 1.08. The maximum Gasteiger partial charge on any atom is 0.116 e. The second-order valence-corrected chi connectivity index (χ2v) is 2.15. The SMILES string of the molecule is CN/C=C1/N=CN=C(C)C1=N. The van der Waals surface area contributed by atoms with Crippen LogP contribution in [0.4, 0.5) is 0 Å². The summed E-state index contributed by atoms with van der Waals surface area (Å²) < 4.78 is 0. The molecule has 0 saturated carbocycles. The van der Waals surface area contributed by atoms with E-state index in [0.29, 0.717) is 17.1 Å². The molecule has 0 unspecified atom stereocenters. The summed E-state index contributed by atoms with van der Waals surface area (Å²) in [6.07, 6.45) is 3.13. The Balaban J connectivity index is 2.90. The molecule has 1 aliphatic heterocycles. The molecule has 0 spiro atoms. The van der Waals surface area contributed by atoms with Crippen LogP contribution < -0.4 is 5.32 Å². The largest absolute Gasteiger partial charge is 0.392 e. The molecule has 2 N–H and O–H groups in total. The van der Waals surface area contributed by atoms with Crippen molar-refractivity contribution in [1.29, 1.82) is 5.41 Å². The third-order valence-electron chi connectivity index (χ3n) is 1.35. The summed E-state index contributed by atoms with van der Waals surface area (Å²) in [6, 6.07) is 0. The Morgan fingerprint density at radius 1 is 1.64 bits per heavy atom. The smallest absolute Gasteiger partial charge is 0.116 e. The van der Waals surface area contributed by atoms with Gasteiger partial charge in [0.2, 0.25) is 0 Å². The quantitative estimate of drug-likeness (QED) is 0.564. The highest BCUT2D eigenvalue weighted by atomic mass is 14.9. The molecule has 0 aromatic heterocycles. The number of hydrogen-bond donors (Lipinski definition) is 2. The van der Waals surface area contributed by atoms with Gasteiger partial charge < -0.3 is 5.32 Å². The predicted octanol–water partition coefficient (Wildman–Crippen LogP) is 0.570. The Bertz CT molecular complexity index is 260. The van der Waals surface area contributed by atoms with E-state index in [-0.39, 0.29) is 0 Å². The first kappa shape index (κ1) is 7.65. The van der Waals surface area contributed by atoms with E-state index in [4.69, 9.17) is 5.41 Å². The van der Waals surface area contributed by atoms with Crippen LogP contribution in [-0.2, 0) is 0 Å². The van der Waals surface area contributed by atoms with Crippen LogP contribution in [0.15, 0.2) is 21.9 Å². The fourth-order valence-corrected chi connectivity index (χ4v) is 0.738. The minimum absolute atomic E-state index is 0.377. The highest BCUT2D eigenvalue weighted by Gasteiger charge is 2.09. The van der Waals surface area contributed by atoms with E-state index in [9.17, 15) is 0 Å². The molecule has 11 heavy (non-hydrogen) atoms. The summed E-state index contributed by atoms with van der Waals surface area (Å²) in [5, 5.41) is 10.3. The van der Waals surface area contributed by atoms with Crippen LogP contribution in [0.2, 0.25) is 0 Å². The van der Waals surface area contributed by atoms with Gasteiger partial charge in [0.1, 0.15) is 17.7 Å². The third-order valence-corrected chi connectivity index (χ3v) is 1.35. The van der Waals surface area contributed by atoms with Crippen LogP contribution in [0.5, 0.6) is 0 Å². The molecule has 0 saturated heterocycles. The topological polar surface area (TPSA) is 60.6 Å². The standard InChI is InChI=1S/C7H10N4/c1-5-7(8)6(3-9-2)11-4-10-5/h3-4,8-9H,1-2H3/b6-3+,8-7?. The second-order valence-electron chi connectivity index (χ2n) is 2.15. The van der Waals surface area contributed by atoms with E-state index >= 15 is 0 Å². The zero-order valence-electron chi connectivity index (χ0n) is 6.55. The summed E-state index contributed by atoms with van der Waals surface area (Å²) in [5.74, 6) is 0. The Morgan fingerprint density at radius 3 is 3.00 bits per heavy atom. The van der Waals surface area contributed by atoms with E-state index in [2.05, 4.69) is 15.3 Å². The fourth-order valence-electron chi connectivity index (χ4n) is 0.738. The summed E-state index contributed by atoms with van der Waals surface area (Å²) >= 11 is 0. The van der Waals surface area contributed by atoms with Gasteiger partial charge in [-0.25, -0.2) is 9.98 Å². The average Bonchev–Trinajstić information content (AvgIpc) is 1.99. The van der Waals surface area contributed by atoms with Crippen LogP contribution >= 0.6 is 0 Å². The molecule has 1 aliphatic rings. The first-order chi connectivity index (χ1) is 5.25. The van der Waals surface area contributed by atoms with Crippen molar-refractivity contribution in [1.82, 2.24) is 5.32 Å². The molecule has 58 valence electrons. The maximum atomic E-state index is 7.50. The van der Waals surface area contributed by atoms with Crippen molar-refractivity contribution in [2.24, 2.45) is 9.98 Å². The first-order valence-corrected chi connectivity index (χ1v) is 3.29. The Kier molecular flexibility index (Phi) is 2.15. The molecule has 0 atom stereocenters. The van der Waals surface area contributed by atoms with Crippen LogP contribution in [0.3, 0.4) is 0 Å². The van der Waals surface area contributed by atoms with Gasteiger partial charge in [0.15, 0.2) is 0 Å². The lowest BCUT2D eigenvalue weighted by Gasteiger charge is -2.06. The summed E-state index contributed by atoms with van der Waals surface area (Å²) in [4.78, 5) is 7.79. The Morgan fingerprint density at radius 2 is 2.36 bits per heavy atom. The van der Waals surface area contributed by atoms with Gasteiger partial charge in [-0.15, -0.1) is 0 Å². The van der Waals surface area contributed by atoms with Crippen molar-refractivity contribution in [2.75, 3.05) is 7.05 Å². The molecule has 4 heteroatoms. The molecular weight excluding hydrogens is 140 g/mol. The van der Waals surface area contributed by atoms with E-state index < -0.39 is 0 Å². The zero-order chi connectivity index (χ0) is 8.27. The van der Waals surface area contributed by atoms with Gasteiger partial charge in [-0.1, -0.05) is 0 Å². The molecular formula is C7H10N4. The molecule has 0 bridgehead atoms. The van der Waals surface area contributed by atoms with E-state index in [1.165, 1.54) is 6.34 Å². The number of allylic oxidation sites excluding steroid dienone is 1. The fraction of sp³-hybridized carbons (Fsp3) is 0.286. The van der Waals surface area contributed by atoms with E-state index in [0.717, 1.165) is 0 Å². The van der Waals surface area contributed by atoms with Crippen molar-refractivity contribution in [3.8, 4) is 0 Å². The molecule has 0 fully saturated rings. The molecule has 1 rings (SSSR count). The minimum Gasteiger partial charge on any atom is -0.392 e. The van der Waals surface area contributed by atoms with E-state index in [1.807, 2.05) is 0 Å². The maximum absolute atomic E-state index is 7.50. The van der Waals surface area contributed by atoms with Crippen molar-refractivity contribution in [3.05, 3.63) is 11.9 Å². The van der Waals surface area contributed by atoms with Gasteiger partial charge in [-0.3, -0.25) is 5.41 Å². The zero-order valence-corrected chi connectivity index (χ0v) is 6.55. The van der Waals surface area contributed by atoms with Crippen molar-refractivity contribution < 1.29 is 0 Å². The summed E-state index contributed by atoms with van der Waals surface area (Å²) in [6.45, 7) is 1.79. The number of aliphatic imine (C=N–C) groups is 2. The molecule has 0 aromatic carbocycles. The van der Waals surface area contributed by atoms with Gasteiger partial charge in [0, 0.05) is 13.2 Å². The minimum atomic E-state index is 0.377. The molecule has 0 aliphatic carbocycles. The normalized spacial score (nSPS) is 20.4. The molecule has 0 aromatic rings. The Labute approximate surface area is 65.3 Å². The van der Waals surface area contributed by atoms with Gasteiger partial charge in [-0.05, 0) is 6.92 Å². The Hall–Kier alpha value is -1.45. The average molecular weight is 150 g/mol.